The number of ether oxygens (including phenoxy) is 2. The minimum atomic E-state index is -5.08. The molecule has 0 saturated carbocycles. The standard InChI is InChI=1S/C21H27F3N4O4/c1-27-8-7-25-19(27)20(30,21(22,23)24)13-18(29)26-14-17(28-9-11-32-12-10-28)15-3-5-16(31-2)6-4-15/h3-8,17,30H,9-14H2,1-2H3,(H,26,29). The number of nitrogens with one attached hydrogen (secondary N) is 1. The van der Waals surface area contributed by atoms with Crippen molar-refractivity contribution >= 4 is 5.91 Å². The summed E-state index contributed by atoms with van der Waals surface area (Å²) in [5.41, 5.74) is -2.52. The van der Waals surface area contributed by atoms with Gasteiger partial charge in [0.2, 0.25) is 11.5 Å². The van der Waals surface area contributed by atoms with E-state index >= 15 is 0 Å². The van der Waals surface area contributed by atoms with Crippen LogP contribution in [0.2, 0.25) is 0 Å². The summed E-state index contributed by atoms with van der Waals surface area (Å²) in [7, 11) is 2.88. The molecule has 2 aromatic rings. The average Bonchev–Trinajstić information content (AvgIpc) is 3.20. The van der Waals surface area contributed by atoms with E-state index in [-0.39, 0.29) is 12.6 Å². The van der Waals surface area contributed by atoms with Crippen molar-refractivity contribution in [1.29, 1.82) is 0 Å². The number of morpholine rings is 1. The first-order valence-corrected chi connectivity index (χ1v) is 10.1. The molecule has 8 nitrogen and oxygen atoms in total. The third kappa shape index (κ3) is 5.22. The van der Waals surface area contributed by atoms with Crippen LogP contribution in [0.25, 0.3) is 0 Å². The Labute approximate surface area is 183 Å². The van der Waals surface area contributed by atoms with Gasteiger partial charge in [0.05, 0.1) is 32.8 Å². The Morgan fingerprint density at radius 2 is 1.94 bits per heavy atom. The molecule has 1 saturated heterocycles. The van der Waals surface area contributed by atoms with Gasteiger partial charge in [-0.15, -0.1) is 0 Å². The van der Waals surface area contributed by atoms with Gasteiger partial charge >= 0.3 is 6.18 Å². The van der Waals surface area contributed by atoms with Gasteiger partial charge in [-0.3, -0.25) is 9.69 Å². The van der Waals surface area contributed by atoms with Gasteiger partial charge in [0.25, 0.3) is 0 Å². The number of aliphatic hydroxyl groups is 1. The van der Waals surface area contributed by atoms with E-state index in [0.717, 1.165) is 16.3 Å². The second-order valence-corrected chi connectivity index (χ2v) is 7.64. The molecular formula is C21H27F3N4O4. The number of hydrogen-bond acceptors (Lipinski definition) is 6. The van der Waals surface area contributed by atoms with Gasteiger partial charge < -0.3 is 24.5 Å². The maximum atomic E-state index is 13.7. The number of nitrogens with zero attached hydrogens (tertiary/aromatic N) is 3. The molecule has 0 spiro atoms. The summed E-state index contributed by atoms with van der Waals surface area (Å²) in [6.07, 6.45) is -3.85. The lowest BCUT2D eigenvalue weighted by molar-refractivity contribution is -0.271. The molecule has 1 aliphatic rings. The third-order valence-electron chi connectivity index (χ3n) is 5.56. The first kappa shape index (κ1) is 24.0. The predicted molar refractivity (Wildman–Crippen MR) is 109 cm³/mol. The molecule has 1 fully saturated rings. The maximum absolute atomic E-state index is 13.7. The van der Waals surface area contributed by atoms with Crippen molar-refractivity contribution in [2.45, 2.75) is 24.2 Å². The minimum absolute atomic E-state index is 0.0691. The number of imidazole rings is 1. The van der Waals surface area contributed by atoms with Gasteiger partial charge in [-0.25, -0.2) is 4.98 Å². The predicted octanol–water partition coefficient (Wildman–Crippen LogP) is 1.76. The van der Waals surface area contributed by atoms with Crippen LogP contribution in [0.1, 0.15) is 23.9 Å². The van der Waals surface area contributed by atoms with Crippen molar-refractivity contribution in [3.8, 4) is 5.75 Å². The Kier molecular flexibility index (Phi) is 7.42. The summed E-state index contributed by atoms with van der Waals surface area (Å²) in [4.78, 5) is 18.3. The van der Waals surface area contributed by atoms with E-state index in [9.17, 15) is 23.1 Å². The van der Waals surface area contributed by atoms with E-state index < -0.39 is 29.9 Å². The van der Waals surface area contributed by atoms with E-state index in [1.54, 1.807) is 19.2 Å². The quantitative estimate of drug-likeness (QED) is 0.630. The molecule has 176 valence electrons. The van der Waals surface area contributed by atoms with Crippen LogP contribution in [0.4, 0.5) is 13.2 Å². The van der Waals surface area contributed by atoms with E-state index in [1.807, 2.05) is 12.1 Å². The summed E-state index contributed by atoms with van der Waals surface area (Å²) in [5, 5.41) is 13.0. The van der Waals surface area contributed by atoms with E-state index in [2.05, 4.69) is 15.2 Å². The second kappa shape index (κ2) is 9.88. The number of benzene rings is 1. The fraction of sp³-hybridized carbons (Fsp3) is 0.524. The number of aryl methyl sites for hydroxylation is 1. The third-order valence-corrected chi connectivity index (χ3v) is 5.56. The number of rotatable bonds is 8. The molecule has 0 radical (unpaired) electrons. The van der Waals surface area contributed by atoms with Gasteiger partial charge in [0.15, 0.2) is 5.82 Å². The van der Waals surface area contributed by atoms with Gasteiger partial charge in [0, 0.05) is 39.1 Å². The fourth-order valence-corrected chi connectivity index (χ4v) is 3.75. The number of carbonyl (C=O) groups excluding carboxylic acids is 1. The molecule has 2 heterocycles. The molecule has 11 heteroatoms. The monoisotopic (exact) mass is 456 g/mol. The lowest BCUT2D eigenvalue weighted by atomic mass is 9.96. The van der Waals surface area contributed by atoms with E-state index in [4.69, 9.17) is 9.47 Å². The zero-order valence-electron chi connectivity index (χ0n) is 17.9. The molecule has 2 N–H and O–H groups in total. The average molecular weight is 456 g/mol. The first-order chi connectivity index (χ1) is 15.2. The Morgan fingerprint density at radius 3 is 2.47 bits per heavy atom. The molecule has 32 heavy (non-hydrogen) atoms. The molecule has 0 bridgehead atoms. The smallest absolute Gasteiger partial charge is 0.425 e. The molecule has 1 amide bonds. The van der Waals surface area contributed by atoms with Crippen LogP contribution in [0, 0.1) is 0 Å². The van der Waals surface area contributed by atoms with Crippen LogP contribution in [0.3, 0.4) is 0 Å². The van der Waals surface area contributed by atoms with Crippen LogP contribution >= 0.6 is 0 Å². The molecule has 3 rings (SSSR count). The largest absolute Gasteiger partial charge is 0.497 e. The number of aromatic nitrogens is 2. The van der Waals surface area contributed by atoms with E-state index in [1.165, 1.54) is 13.2 Å². The molecular weight excluding hydrogens is 429 g/mol. The number of alkyl halides is 3. The van der Waals surface area contributed by atoms with Gasteiger partial charge in [0.1, 0.15) is 5.75 Å². The van der Waals surface area contributed by atoms with Crippen LogP contribution in [-0.2, 0) is 22.2 Å². The van der Waals surface area contributed by atoms with Crippen molar-refractivity contribution < 1.29 is 32.5 Å². The normalized spacial score (nSPS) is 18.1. The Bertz CT molecular complexity index is 897. The summed E-state index contributed by atoms with van der Waals surface area (Å²) in [6, 6.07) is 7.00. The lowest BCUT2D eigenvalue weighted by Crippen LogP contribution is -2.49. The Morgan fingerprint density at radius 1 is 1.28 bits per heavy atom. The van der Waals surface area contributed by atoms with Crippen LogP contribution in [0.5, 0.6) is 5.75 Å². The molecule has 1 aromatic carbocycles. The fourth-order valence-electron chi connectivity index (χ4n) is 3.75. The van der Waals surface area contributed by atoms with Crippen molar-refractivity contribution in [2.24, 2.45) is 7.05 Å². The zero-order chi connectivity index (χ0) is 23.4. The van der Waals surface area contributed by atoms with Crippen molar-refractivity contribution in [1.82, 2.24) is 19.8 Å². The number of methoxy groups -OCH3 is 1. The highest BCUT2D eigenvalue weighted by Gasteiger charge is 2.58. The molecule has 1 aromatic heterocycles. The Balaban J connectivity index is 1.75. The van der Waals surface area contributed by atoms with Gasteiger partial charge in [-0.1, -0.05) is 12.1 Å². The molecule has 2 unspecified atom stereocenters. The van der Waals surface area contributed by atoms with Crippen LogP contribution in [0.15, 0.2) is 36.7 Å². The molecule has 1 aliphatic heterocycles. The van der Waals surface area contributed by atoms with Crippen LogP contribution < -0.4 is 10.1 Å². The summed E-state index contributed by atoms with van der Waals surface area (Å²) in [6.45, 7) is 2.35. The molecule has 0 aliphatic carbocycles. The van der Waals surface area contributed by atoms with Gasteiger partial charge in [-0.05, 0) is 17.7 Å². The zero-order valence-corrected chi connectivity index (χ0v) is 17.9. The minimum Gasteiger partial charge on any atom is -0.497 e. The summed E-state index contributed by atoms with van der Waals surface area (Å²) >= 11 is 0. The lowest BCUT2D eigenvalue weighted by Gasteiger charge is -2.35. The van der Waals surface area contributed by atoms with E-state index in [0.29, 0.717) is 32.1 Å². The first-order valence-electron chi connectivity index (χ1n) is 10.1. The van der Waals surface area contributed by atoms with Crippen molar-refractivity contribution in [2.75, 3.05) is 40.0 Å². The SMILES string of the molecule is COc1ccc(C(CNC(=O)CC(O)(c2nccn2C)C(F)(F)F)N2CCOCC2)cc1. The number of halogens is 3. The highest BCUT2D eigenvalue weighted by Crippen LogP contribution is 2.40. The Hall–Kier alpha value is -2.63. The highest BCUT2D eigenvalue weighted by atomic mass is 19.4. The van der Waals surface area contributed by atoms with Gasteiger partial charge in [-0.2, -0.15) is 13.2 Å². The summed E-state index contributed by atoms with van der Waals surface area (Å²) < 4.78 is 52.8. The number of amides is 1. The number of carbonyl (C=O) groups is 1. The van der Waals surface area contributed by atoms with Crippen LogP contribution in [-0.4, -0.2) is 71.6 Å². The molecule has 2 atom stereocenters. The van der Waals surface area contributed by atoms with Crippen molar-refractivity contribution in [3.05, 3.63) is 48.0 Å². The second-order valence-electron chi connectivity index (χ2n) is 7.64. The van der Waals surface area contributed by atoms with Crippen molar-refractivity contribution in [3.63, 3.8) is 0 Å². The number of hydrogen-bond donors (Lipinski definition) is 2. The maximum Gasteiger partial charge on any atom is 0.425 e. The highest BCUT2D eigenvalue weighted by molar-refractivity contribution is 5.77. The summed E-state index contributed by atoms with van der Waals surface area (Å²) in [5.74, 6) is -0.900. The topological polar surface area (TPSA) is 88.8 Å².